The number of nitrogens with zero attached hydrogens (tertiary/aromatic N) is 3. The number of aryl methyl sites for hydroxylation is 3. The van der Waals surface area contributed by atoms with Crippen molar-refractivity contribution < 1.29 is 0 Å². The van der Waals surface area contributed by atoms with E-state index >= 15 is 0 Å². The van der Waals surface area contributed by atoms with E-state index in [2.05, 4.69) is 32.6 Å². The van der Waals surface area contributed by atoms with Crippen molar-refractivity contribution >= 4 is 23.0 Å². The molecule has 6 nitrogen and oxygen atoms in total. The van der Waals surface area contributed by atoms with Crippen LogP contribution in [0, 0.1) is 13.8 Å². The van der Waals surface area contributed by atoms with E-state index in [4.69, 9.17) is 5.84 Å². The van der Waals surface area contributed by atoms with Crippen LogP contribution in [0.4, 0.5) is 11.6 Å². The van der Waals surface area contributed by atoms with Crippen LogP contribution in [-0.2, 0) is 6.42 Å². The van der Waals surface area contributed by atoms with Crippen molar-refractivity contribution in [1.82, 2.24) is 15.0 Å². The Morgan fingerprint density at radius 2 is 1.95 bits per heavy atom. The molecule has 1 unspecified atom stereocenters. The van der Waals surface area contributed by atoms with Crippen LogP contribution in [0.2, 0.25) is 0 Å². The Bertz CT molecular complexity index is 572. The second-order valence-corrected chi connectivity index (χ2v) is 5.84. The lowest BCUT2D eigenvalue weighted by Gasteiger charge is -2.15. The Hall–Kier alpha value is -1.73. The summed E-state index contributed by atoms with van der Waals surface area (Å²) in [5, 5.41) is 4.46. The van der Waals surface area contributed by atoms with Gasteiger partial charge in [-0.3, -0.25) is 0 Å². The first-order valence-corrected chi connectivity index (χ1v) is 7.40. The van der Waals surface area contributed by atoms with Gasteiger partial charge < -0.3 is 10.7 Å². The number of hydrazine groups is 1. The van der Waals surface area contributed by atoms with Gasteiger partial charge in [-0.05, 0) is 20.8 Å². The highest BCUT2D eigenvalue weighted by atomic mass is 32.1. The zero-order valence-electron chi connectivity index (χ0n) is 12.2. The van der Waals surface area contributed by atoms with Crippen LogP contribution in [0.3, 0.4) is 0 Å². The molecule has 2 aromatic rings. The summed E-state index contributed by atoms with van der Waals surface area (Å²) in [6, 6.07) is 1.95. The summed E-state index contributed by atoms with van der Waals surface area (Å²) in [6.07, 6.45) is 0.761. The predicted molar refractivity (Wildman–Crippen MR) is 82.8 cm³/mol. The molecule has 20 heavy (non-hydrogen) atoms. The van der Waals surface area contributed by atoms with Gasteiger partial charge in [0.1, 0.15) is 17.5 Å². The summed E-state index contributed by atoms with van der Waals surface area (Å²) >= 11 is 1.70. The van der Waals surface area contributed by atoms with Crippen molar-refractivity contribution in [2.45, 2.75) is 40.2 Å². The first-order chi connectivity index (χ1) is 9.53. The molecule has 2 aromatic heterocycles. The van der Waals surface area contributed by atoms with E-state index in [0.717, 1.165) is 28.8 Å². The fourth-order valence-electron chi connectivity index (χ4n) is 2.04. The molecular weight excluding hydrogens is 272 g/mol. The highest BCUT2D eigenvalue weighted by Gasteiger charge is 2.14. The summed E-state index contributed by atoms with van der Waals surface area (Å²) in [4.78, 5) is 14.4. The Morgan fingerprint density at radius 3 is 2.50 bits per heavy atom. The minimum absolute atomic E-state index is 0.145. The molecule has 0 saturated carbocycles. The number of thiazole rings is 1. The quantitative estimate of drug-likeness (QED) is 0.580. The van der Waals surface area contributed by atoms with Crippen LogP contribution in [-0.4, -0.2) is 15.0 Å². The molecule has 0 fully saturated rings. The number of hydrogen-bond donors (Lipinski definition) is 3. The average Bonchev–Trinajstić information content (AvgIpc) is 2.77. The second-order valence-electron chi connectivity index (χ2n) is 4.60. The van der Waals surface area contributed by atoms with Crippen molar-refractivity contribution in [2.24, 2.45) is 5.84 Å². The maximum Gasteiger partial charge on any atom is 0.145 e. The minimum Gasteiger partial charge on any atom is -0.362 e. The van der Waals surface area contributed by atoms with Crippen LogP contribution in [0.1, 0.15) is 41.3 Å². The first kappa shape index (κ1) is 14.7. The third-order valence-electron chi connectivity index (χ3n) is 2.93. The number of rotatable bonds is 5. The number of hydrogen-bond acceptors (Lipinski definition) is 7. The lowest BCUT2D eigenvalue weighted by molar-refractivity contribution is 0.861. The van der Waals surface area contributed by atoms with E-state index in [0.29, 0.717) is 5.82 Å². The predicted octanol–water partition coefficient (Wildman–Crippen LogP) is 2.57. The summed E-state index contributed by atoms with van der Waals surface area (Å²) in [6.45, 7) is 8.16. The van der Waals surface area contributed by atoms with Gasteiger partial charge in [-0.25, -0.2) is 20.8 Å². The molecule has 0 aromatic carbocycles. The largest absolute Gasteiger partial charge is 0.362 e. The van der Waals surface area contributed by atoms with Crippen LogP contribution in [0.15, 0.2) is 6.07 Å². The zero-order chi connectivity index (χ0) is 14.7. The van der Waals surface area contributed by atoms with E-state index in [1.54, 1.807) is 17.4 Å². The molecule has 0 spiro atoms. The molecule has 0 bridgehead atoms. The van der Waals surface area contributed by atoms with E-state index in [-0.39, 0.29) is 6.04 Å². The van der Waals surface area contributed by atoms with Crippen LogP contribution in [0.5, 0.6) is 0 Å². The van der Waals surface area contributed by atoms with Gasteiger partial charge in [0.2, 0.25) is 0 Å². The molecule has 2 rings (SSSR count). The molecular formula is C13H20N6S. The fraction of sp³-hybridized carbons (Fsp3) is 0.462. The zero-order valence-corrected chi connectivity index (χ0v) is 13.0. The summed E-state index contributed by atoms with van der Waals surface area (Å²) in [5.74, 6) is 7.57. The molecule has 108 valence electrons. The summed E-state index contributed by atoms with van der Waals surface area (Å²) in [7, 11) is 0. The molecule has 1 atom stereocenters. The van der Waals surface area contributed by atoms with Crippen LogP contribution < -0.4 is 16.6 Å². The maximum atomic E-state index is 5.44. The van der Waals surface area contributed by atoms with Crippen molar-refractivity contribution in [3.05, 3.63) is 27.5 Å². The normalized spacial score (nSPS) is 12.2. The molecule has 0 aliphatic rings. The van der Waals surface area contributed by atoms with E-state index in [1.807, 2.05) is 20.8 Å². The minimum atomic E-state index is 0.145. The van der Waals surface area contributed by atoms with Crippen molar-refractivity contribution in [2.75, 3.05) is 10.7 Å². The Morgan fingerprint density at radius 1 is 1.25 bits per heavy atom. The lowest BCUT2D eigenvalue weighted by atomic mass is 10.2. The summed E-state index contributed by atoms with van der Waals surface area (Å²) in [5.41, 5.74) is 3.63. The lowest BCUT2D eigenvalue weighted by Crippen LogP contribution is -2.13. The first-order valence-electron chi connectivity index (χ1n) is 6.58. The monoisotopic (exact) mass is 292 g/mol. The van der Waals surface area contributed by atoms with Crippen LogP contribution in [0.25, 0.3) is 0 Å². The molecule has 2 heterocycles. The number of nitrogen functional groups attached to an aromatic ring is 1. The SMILES string of the molecule is CCc1nc(NN)cc(NC(C)c2sc(C)nc2C)n1. The summed E-state index contributed by atoms with van der Waals surface area (Å²) < 4.78 is 0. The van der Waals surface area contributed by atoms with Gasteiger partial charge in [0.05, 0.1) is 16.7 Å². The second kappa shape index (κ2) is 6.15. The van der Waals surface area contributed by atoms with Crippen molar-refractivity contribution in [3.63, 3.8) is 0 Å². The molecule has 0 radical (unpaired) electrons. The number of nitrogens with one attached hydrogen (secondary N) is 2. The number of aromatic nitrogens is 3. The van der Waals surface area contributed by atoms with E-state index < -0.39 is 0 Å². The number of anilines is 2. The molecule has 4 N–H and O–H groups in total. The van der Waals surface area contributed by atoms with E-state index in [1.165, 1.54) is 4.88 Å². The molecule has 7 heteroatoms. The van der Waals surface area contributed by atoms with Gasteiger partial charge in [0.25, 0.3) is 0 Å². The maximum absolute atomic E-state index is 5.44. The topological polar surface area (TPSA) is 88.8 Å². The molecule has 0 aliphatic heterocycles. The Kier molecular flexibility index (Phi) is 4.51. The van der Waals surface area contributed by atoms with Gasteiger partial charge in [-0.2, -0.15) is 0 Å². The van der Waals surface area contributed by atoms with Gasteiger partial charge >= 0.3 is 0 Å². The molecule has 0 saturated heterocycles. The van der Waals surface area contributed by atoms with Gasteiger partial charge in [-0.1, -0.05) is 6.92 Å². The third-order valence-corrected chi connectivity index (χ3v) is 4.19. The number of nitrogens with two attached hydrogens (primary N) is 1. The Balaban J connectivity index is 2.22. The standard InChI is InChI=1S/C13H20N6S/c1-5-10-17-11(6-12(18-10)19-14)16-8(3)13-7(2)15-9(4)20-13/h6,8H,5,14H2,1-4H3,(H2,16,17,18,19). The average molecular weight is 292 g/mol. The van der Waals surface area contributed by atoms with Crippen molar-refractivity contribution in [3.8, 4) is 0 Å². The highest BCUT2D eigenvalue weighted by Crippen LogP contribution is 2.27. The van der Waals surface area contributed by atoms with E-state index in [9.17, 15) is 0 Å². The smallest absolute Gasteiger partial charge is 0.145 e. The van der Waals surface area contributed by atoms with Gasteiger partial charge in [-0.15, -0.1) is 11.3 Å². The Labute approximate surface area is 122 Å². The highest BCUT2D eigenvalue weighted by molar-refractivity contribution is 7.11. The molecule has 0 amide bonds. The fourth-order valence-corrected chi connectivity index (χ4v) is 2.97. The third kappa shape index (κ3) is 3.23. The van der Waals surface area contributed by atoms with Crippen molar-refractivity contribution in [1.29, 1.82) is 0 Å². The van der Waals surface area contributed by atoms with Gasteiger partial charge in [0.15, 0.2) is 0 Å². The van der Waals surface area contributed by atoms with Crippen LogP contribution >= 0.6 is 11.3 Å². The van der Waals surface area contributed by atoms with Gasteiger partial charge in [0, 0.05) is 17.4 Å². The molecule has 0 aliphatic carbocycles.